The van der Waals surface area contributed by atoms with Crippen molar-refractivity contribution in [3.63, 3.8) is 0 Å². The van der Waals surface area contributed by atoms with E-state index < -0.39 is 29.3 Å². The van der Waals surface area contributed by atoms with Crippen LogP contribution in [0.4, 0.5) is 0 Å². The van der Waals surface area contributed by atoms with E-state index in [0.717, 1.165) is 0 Å². The number of aliphatic carboxylic acids is 2. The van der Waals surface area contributed by atoms with Crippen LogP contribution >= 0.6 is 11.6 Å². The zero-order chi connectivity index (χ0) is 18.4. The van der Waals surface area contributed by atoms with Gasteiger partial charge in [-0.2, -0.15) is 0 Å². The molecule has 2 N–H and O–H groups in total. The maximum Gasteiger partial charge on any atom is 0.333 e. The third-order valence-electron chi connectivity index (χ3n) is 5.68. The van der Waals surface area contributed by atoms with E-state index in [-0.39, 0.29) is 11.0 Å². The van der Waals surface area contributed by atoms with Crippen LogP contribution in [0.3, 0.4) is 0 Å². The molecule has 1 aromatic carbocycles. The fourth-order valence-corrected chi connectivity index (χ4v) is 5.05. The second-order valence-corrected chi connectivity index (χ2v) is 7.72. The van der Waals surface area contributed by atoms with E-state index in [2.05, 4.69) is 0 Å². The number of hydrogen-bond donors (Lipinski definition) is 2. The van der Waals surface area contributed by atoms with Crippen LogP contribution in [-0.4, -0.2) is 44.5 Å². The van der Waals surface area contributed by atoms with Gasteiger partial charge in [-0.25, -0.2) is 4.79 Å². The van der Waals surface area contributed by atoms with Crippen molar-refractivity contribution < 1.29 is 19.8 Å². The first-order valence-electron chi connectivity index (χ1n) is 8.41. The summed E-state index contributed by atoms with van der Waals surface area (Å²) >= 11 is 6.38. The zero-order valence-electron chi connectivity index (χ0n) is 14.3. The van der Waals surface area contributed by atoms with Gasteiger partial charge in [-0.1, -0.05) is 30.3 Å². The predicted octanol–water partition coefficient (Wildman–Crippen LogP) is 3.31. The van der Waals surface area contributed by atoms with Crippen molar-refractivity contribution in [3.8, 4) is 0 Å². The molecule has 2 aliphatic heterocycles. The highest BCUT2D eigenvalue weighted by Crippen LogP contribution is 2.52. The van der Waals surface area contributed by atoms with Crippen LogP contribution in [0.15, 0.2) is 41.6 Å². The molecule has 1 fully saturated rings. The highest BCUT2D eigenvalue weighted by molar-refractivity contribution is 6.20. The van der Waals surface area contributed by atoms with Crippen molar-refractivity contribution in [1.82, 2.24) is 4.90 Å². The van der Waals surface area contributed by atoms with E-state index >= 15 is 0 Å². The van der Waals surface area contributed by atoms with E-state index in [1.165, 1.54) is 0 Å². The molecule has 3 rings (SSSR count). The van der Waals surface area contributed by atoms with E-state index in [1.807, 2.05) is 30.0 Å². The molecule has 4 atom stereocenters. The third-order valence-corrected chi connectivity index (χ3v) is 6.05. The molecule has 0 aliphatic carbocycles. The number of benzene rings is 1. The summed E-state index contributed by atoms with van der Waals surface area (Å²) in [5, 5.41) is 19.8. The summed E-state index contributed by atoms with van der Waals surface area (Å²) in [6.45, 7) is 4.25. The number of allylic oxidation sites excluding steroid dienone is 1. The number of piperidine rings is 1. The van der Waals surface area contributed by atoms with Gasteiger partial charge in [-0.3, -0.25) is 4.79 Å². The molecule has 134 valence electrons. The molecule has 6 heteroatoms. The topological polar surface area (TPSA) is 77.8 Å². The molecule has 5 nitrogen and oxygen atoms in total. The van der Waals surface area contributed by atoms with Crippen molar-refractivity contribution in [1.29, 1.82) is 0 Å². The first-order chi connectivity index (χ1) is 11.8. The monoisotopic (exact) mass is 363 g/mol. The Bertz CT molecular complexity index is 732. The minimum Gasteiger partial charge on any atom is -0.481 e. The molecule has 2 aliphatic rings. The van der Waals surface area contributed by atoms with Gasteiger partial charge in [0.1, 0.15) is 0 Å². The fraction of sp³-hybridized carbons (Fsp3) is 0.474. The lowest BCUT2D eigenvalue weighted by molar-refractivity contribution is -0.150. The molecular weight excluding hydrogens is 342 g/mol. The highest BCUT2D eigenvalue weighted by atomic mass is 35.5. The summed E-state index contributed by atoms with van der Waals surface area (Å²) in [7, 11) is 0. The van der Waals surface area contributed by atoms with Crippen LogP contribution in [0.1, 0.15) is 38.2 Å². The van der Waals surface area contributed by atoms with Gasteiger partial charge < -0.3 is 15.1 Å². The van der Waals surface area contributed by atoms with Crippen molar-refractivity contribution in [3.05, 3.63) is 47.2 Å². The molecule has 0 aromatic heterocycles. The summed E-state index contributed by atoms with van der Waals surface area (Å²) in [5.41, 5.74) is 0.804. The van der Waals surface area contributed by atoms with Gasteiger partial charge in [0, 0.05) is 23.5 Å². The van der Waals surface area contributed by atoms with Crippen LogP contribution in [0.25, 0.3) is 0 Å². The Kier molecular flexibility index (Phi) is 4.54. The smallest absolute Gasteiger partial charge is 0.333 e. The van der Waals surface area contributed by atoms with E-state index in [0.29, 0.717) is 30.6 Å². The van der Waals surface area contributed by atoms with Crippen LogP contribution in [-0.2, 0) is 9.59 Å². The average molecular weight is 364 g/mol. The van der Waals surface area contributed by atoms with Gasteiger partial charge in [0.05, 0.1) is 17.0 Å². The van der Waals surface area contributed by atoms with Crippen LogP contribution < -0.4 is 0 Å². The summed E-state index contributed by atoms with van der Waals surface area (Å²) in [6.07, 6.45) is 1.23. The molecule has 1 saturated heterocycles. The van der Waals surface area contributed by atoms with Crippen molar-refractivity contribution in [2.24, 2.45) is 5.92 Å². The lowest BCUT2D eigenvalue weighted by Crippen LogP contribution is -2.62. The fourth-order valence-electron chi connectivity index (χ4n) is 4.64. The average Bonchev–Trinajstić information content (AvgIpc) is 2.53. The maximum absolute atomic E-state index is 12.3. The normalized spacial score (nSPS) is 32.3. The minimum absolute atomic E-state index is 0.112. The number of rotatable bonds is 3. The molecule has 0 radical (unpaired) electrons. The van der Waals surface area contributed by atoms with Gasteiger partial charge in [0.2, 0.25) is 0 Å². The van der Waals surface area contributed by atoms with Gasteiger partial charge in [-0.15, -0.1) is 11.6 Å². The third kappa shape index (κ3) is 2.80. The quantitative estimate of drug-likeness (QED) is 0.805. The van der Waals surface area contributed by atoms with Gasteiger partial charge in [-0.05, 0) is 32.3 Å². The summed E-state index contributed by atoms with van der Waals surface area (Å²) in [4.78, 5) is 26.3. The highest BCUT2D eigenvalue weighted by Gasteiger charge is 2.56. The number of alkyl halides is 1. The Labute approximate surface area is 151 Å². The molecule has 25 heavy (non-hydrogen) atoms. The molecule has 0 saturated carbocycles. The first-order valence-corrected chi connectivity index (χ1v) is 8.84. The molecule has 0 amide bonds. The summed E-state index contributed by atoms with van der Waals surface area (Å²) in [6, 6.07) is 9.06. The first kappa shape index (κ1) is 17.8. The standard InChI is InChI=1S/C19H22ClNO4/c1-11-14(17(22)23)15(12-6-4-3-5-7-12)16(18(24)25)19(2)10-13(20)8-9-21(11)19/h3-7,13,15-16H,8-10H2,1-2H3,(H,22,23)(H,24,25)/t13-,15?,16-,19+/m0/s1. The van der Waals surface area contributed by atoms with E-state index in [1.54, 1.807) is 19.1 Å². The van der Waals surface area contributed by atoms with Crippen molar-refractivity contribution >= 4 is 23.5 Å². The Hall–Kier alpha value is -2.01. The number of halogens is 1. The van der Waals surface area contributed by atoms with E-state index in [9.17, 15) is 19.8 Å². The second kappa shape index (κ2) is 6.37. The van der Waals surface area contributed by atoms with Gasteiger partial charge in [0.15, 0.2) is 0 Å². The van der Waals surface area contributed by atoms with Crippen LogP contribution in [0.2, 0.25) is 0 Å². The molecule has 0 bridgehead atoms. The summed E-state index contributed by atoms with van der Waals surface area (Å²) < 4.78 is 0. The Morgan fingerprint density at radius 3 is 2.44 bits per heavy atom. The van der Waals surface area contributed by atoms with Gasteiger partial charge in [0.25, 0.3) is 0 Å². The molecule has 0 spiro atoms. The lowest BCUT2D eigenvalue weighted by Gasteiger charge is -2.56. The van der Waals surface area contributed by atoms with E-state index in [4.69, 9.17) is 11.6 Å². The molecule has 1 unspecified atom stereocenters. The number of fused-ring (bicyclic) bond motifs is 1. The van der Waals surface area contributed by atoms with Crippen LogP contribution in [0.5, 0.6) is 0 Å². The zero-order valence-corrected chi connectivity index (χ0v) is 15.0. The molecule has 2 heterocycles. The number of hydrogen-bond acceptors (Lipinski definition) is 3. The Balaban J connectivity index is 2.27. The molecule has 1 aromatic rings. The Morgan fingerprint density at radius 2 is 1.88 bits per heavy atom. The Morgan fingerprint density at radius 1 is 1.24 bits per heavy atom. The summed E-state index contributed by atoms with van der Waals surface area (Å²) in [5.74, 6) is -3.64. The van der Waals surface area contributed by atoms with Crippen LogP contribution in [0, 0.1) is 5.92 Å². The largest absolute Gasteiger partial charge is 0.481 e. The minimum atomic E-state index is -1.06. The number of carbonyl (C=O) groups is 2. The second-order valence-electron chi connectivity index (χ2n) is 7.11. The van der Waals surface area contributed by atoms with Gasteiger partial charge >= 0.3 is 11.9 Å². The molecular formula is C19H22ClNO4. The number of carboxylic acids is 2. The SMILES string of the molecule is CC1=C(C(=O)O)C(c2ccccc2)[C@@H](C(=O)O)[C@@]2(C)C[C@@H](Cl)CCN12. The van der Waals surface area contributed by atoms with Crippen molar-refractivity contribution in [2.75, 3.05) is 6.54 Å². The maximum atomic E-state index is 12.3. The predicted molar refractivity (Wildman–Crippen MR) is 94.6 cm³/mol. The lowest BCUT2D eigenvalue weighted by atomic mass is 9.63. The number of nitrogens with zero attached hydrogens (tertiary/aromatic N) is 1. The number of carboxylic acid groups (broad SMARTS) is 2. The van der Waals surface area contributed by atoms with Crippen molar-refractivity contribution in [2.45, 2.75) is 43.5 Å².